The van der Waals surface area contributed by atoms with Crippen LogP contribution in [0.4, 0.5) is 5.69 Å². The molecule has 144 valence electrons. The van der Waals surface area contributed by atoms with Crippen molar-refractivity contribution in [3.8, 4) is 0 Å². The van der Waals surface area contributed by atoms with Crippen molar-refractivity contribution in [2.75, 3.05) is 18.1 Å². The fraction of sp³-hybridized carbons (Fsp3) is 0.381. The van der Waals surface area contributed by atoms with Crippen molar-refractivity contribution in [1.82, 2.24) is 0 Å². The van der Waals surface area contributed by atoms with Gasteiger partial charge >= 0.3 is 11.9 Å². The number of amides is 1. The van der Waals surface area contributed by atoms with Crippen LogP contribution >= 0.6 is 0 Å². The molecule has 2 rings (SSSR count). The molecule has 2 aromatic rings. The lowest BCUT2D eigenvalue weighted by atomic mass is 10.1. The number of carbonyl (C=O) groups excluding carboxylic acids is 3. The number of hydrogen-bond acceptors (Lipinski definition) is 5. The Morgan fingerprint density at radius 2 is 1.63 bits per heavy atom. The van der Waals surface area contributed by atoms with Crippen molar-refractivity contribution >= 4 is 34.3 Å². The zero-order valence-electron chi connectivity index (χ0n) is 16.2. The van der Waals surface area contributed by atoms with E-state index in [1.54, 1.807) is 33.8 Å². The molecule has 0 fully saturated rings. The second-order valence-electron chi connectivity index (χ2n) is 7.08. The van der Waals surface area contributed by atoms with Crippen LogP contribution in [0.3, 0.4) is 0 Å². The highest BCUT2D eigenvalue weighted by Crippen LogP contribution is 2.23. The van der Waals surface area contributed by atoms with Crippen molar-refractivity contribution < 1.29 is 23.9 Å². The number of anilines is 1. The van der Waals surface area contributed by atoms with Gasteiger partial charge in [-0.3, -0.25) is 14.4 Å². The van der Waals surface area contributed by atoms with Gasteiger partial charge in [-0.05, 0) is 50.6 Å². The molecule has 0 N–H and O–H groups in total. The molecule has 0 heterocycles. The van der Waals surface area contributed by atoms with Crippen LogP contribution in [-0.4, -0.2) is 36.6 Å². The molecule has 0 saturated heterocycles. The first-order valence-corrected chi connectivity index (χ1v) is 8.86. The Hall–Kier alpha value is -2.89. The molecule has 0 aliphatic rings. The molecule has 2 aromatic carbocycles. The van der Waals surface area contributed by atoms with E-state index in [1.807, 2.05) is 36.4 Å². The van der Waals surface area contributed by atoms with Crippen LogP contribution < -0.4 is 4.90 Å². The van der Waals surface area contributed by atoms with Crippen LogP contribution in [0, 0.1) is 0 Å². The van der Waals surface area contributed by atoms with Crippen LogP contribution in [0.25, 0.3) is 10.8 Å². The summed E-state index contributed by atoms with van der Waals surface area (Å²) < 4.78 is 10.2. The summed E-state index contributed by atoms with van der Waals surface area (Å²) in [6.45, 7) is 6.84. The first-order valence-electron chi connectivity index (χ1n) is 8.86. The number of carbonyl (C=O) groups is 3. The van der Waals surface area contributed by atoms with Crippen LogP contribution in [-0.2, 0) is 23.9 Å². The number of hydrogen-bond donors (Lipinski definition) is 0. The molecule has 0 aliphatic carbocycles. The molecule has 0 aromatic heterocycles. The van der Waals surface area contributed by atoms with Gasteiger partial charge in [-0.1, -0.05) is 30.3 Å². The second kappa shape index (κ2) is 8.66. The molecule has 6 nitrogen and oxygen atoms in total. The monoisotopic (exact) mass is 371 g/mol. The maximum absolute atomic E-state index is 12.7. The Morgan fingerprint density at radius 3 is 2.26 bits per heavy atom. The molecular weight excluding hydrogens is 346 g/mol. The second-order valence-corrected chi connectivity index (χ2v) is 7.08. The number of rotatable bonds is 6. The van der Waals surface area contributed by atoms with Gasteiger partial charge in [0.2, 0.25) is 5.91 Å². The lowest BCUT2D eigenvalue weighted by Crippen LogP contribution is -2.39. The van der Waals surface area contributed by atoms with E-state index >= 15 is 0 Å². The molecule has 0 aliphatic heterocycles. The van der Waals surface area contributed by atoms with Crippen LogP contribution in [0.5, 0.6) is 0 Å². The number of benzene rings is 2. The Balaban J connectivity index is 2.30. The topological polar surface area (TPSA) is 72.9 Å². The van der Waals surface area contributed by atoms with Crippen molar-refractivity contribution in [2.24, 2.45) is 0 Å². The Labute approximate surface area is 159 Å². The molecule has 0 saturated carbocycles. The maximum Gasteiger partial charge on any atom is 0.326 e. The van der Waals surface area contributed by atoms with Crippen LogP contribution in [0.1, 0.15) is 34.1 Å². The Morgan fingerprint density at radius 1 is 0.963 bits per heavy atom. The van der Waals surface area contributed by atoms with Gasteiger partial charge in [0.25, 0.3) is 0 Å². The van der Waals surface area contributed by atoms with Crippen LogP contribution in [0.15, 0.2) is 42.5 Å². The summed E-state index contributed by atoms with van der Waals surface area (Å²) in [4.78, 5) is 38.0. The molecule has 6 heteroatoms. The van der Waals surface area contributed by atoms with Gasteiger partial charge in [0, 0.05) is 5.69 Å². The zero-order valence-corrected chi connectivity index (χ0v) is 16.2. The predicted molar refractivity (Wildman–Crippen MR) is 103 cm³/mol. The first-order chi connectivity index (χ1) is 12.7. The van der Waals surface area contributed by atoms with Gasteiger partial charge in [-0.2, -0.15) is 0 Å². The lowest BCUT2D eigenvalue weighted by Gasteiger charge is -2.25. The molecule has 0 unspecified atom stereocenters. The number of fused-ring (bicyclic) bond motifs is 1. The third-order valence-corrected chi connectivity index (χ3v) is 3.65. The highest BCUT2D eigenvalue weighted by atomic mass is 16.6. The fourth-order valence-corrected chi connectivity index (χ4v) is 2.60. The largest absolute Gasteiger partial charge is 0.466 e. The maximum atomic E-state index is 12.7. The molecule has 27 heavy (non-hydrogen) atoms. The van der Waals surface area contributed by atoms with Crippen molar-refractivity contribution in [1.29, 1.82) is 0 Å². The number of nitrogens with zero attached hydrogens (tertiary/aromatic N) is 1. The molecular formula is C21H25NO5. The highest BCUT2D eigenvalue weighted by Gasteiger charge is 2.25. The zero-order chi connectivity index (χ0) is 20.0. The average molecular weight is 371 g/mol. The Kier molecular flexibility index (Phi) is 6.55. The fourth-order valence-electron chi connectivity index (χ4n) is 2.60. The number of ether oxygens (including phenoxy) is 2. The Bertz CT molecular complexity index is 838. The van der Waals surface area contributed by atoms with Gasteiger partial charge in [0.05, 0.1) is 6.61 Å². The summed E-state index contributed by atoms with van der Waals surface area (Å²) in [5, 5.41) is 1.93. The standard InChI is InChI=1S/C21H25NO5/c1-5-26-19(24)13-18(23)22(14-20(25)27-21(2,3)4)17-11-10-15-8-6-7-9-16(15)12-17/h6-12H,5,13-14H2,1-4H3. The molecule has 0 spiro atoms. The van der Waals surface area contributed by atoms with E-state index in [9.17, 15) is 14.4 Å². The van der Waals surface area contributed by atoms with E-state index in [1.165, 1.54) is 4.90 Å². The van der Waals surface area contributed by atoms with Crippen LogP contribution in [0.2, 0.25) is 0 Å². The van der Waals surface area contributed by atoms with Gasteiger partial charge in [0.15, 0.2) is 0 Å². The lowest BCUT2D eigenvalue weighted by molar-refractivity contribution is -0.154. The van der Waals surface area contributed by atoms with Gasteiger partial charge in [0.1, 0.15) is 18.6 Å². The van der Waals surface area contributed by atoms with Gasteiger partial charge in [-0.15, -0.1) is 0 Å². The third-order valence-electron chi connectivity index (χ3n) is 3.65. The normalized spacial score (nSPS) is 11.1. The molecule has 1 amide bonds. The van der Waals surface area contributed by atoms with E-state index in [4.69, 9.17) is 9.47 Å². The van der Waals surface area contributed by atoms with Gasteiger partial charge in [-0.25, -0.2) is 0 Å². The SMILES string of the molecule is CCOC(=O)CC(=O)N(CC(=O)OC(C)(C)C)c1ccc2ccccc2c1. The quantitative estimate of drug-likeness (QED) is 0.574. The first kappa shape index (κ1) is 20.4. The van der Waals surface area contributed by atoms with Gasteiger partial charge < -0.3 is 14.4 Å². The predicted octanol–water partition coefficient (Wildman–Crippen LogP) is 3.47. The number of esters is 2. The summed E-state index contributed by atoms with van der Waals surface area (Å²) in [7, 11) is 0. The third kappa shape index (κ3) is 6.09. The summed E-state index contributed by atoms with van der Waals surface area (Å²) in [5.41, 5.74) is -0.148. The summed E-state index contributed by atoms with van der Waals surface area (Å²) in [5.74, 6) is -1.69. The average Bonchev–Trinajstić information content (AvgIpc) is 2.57. The van der Waals surface area contributed by atoms with Crippen molar-refractivity contribution in [3.05, 3.63) is 42.5 Å². The van der Waals surface area contributed by atoms with E-state index < -0.39 is 29.9 Å². The highest BCUT2D eigenvalue weighted by molar-refractivity contribution is 6.06. The summed E-state index contributed by atoms with van der Waals surface area (Å²) in [6, 6.07) is 13.1. The molecule has 0 bridgehead atoms. The molecule has 0 atom stereocenters. The van der Waals surface area contributed by atoms with E-state index in [0.717, 1.165) is 10.8 Å². The summed E-state index contributed by atoms with van der Waals surface area (Å²) in [6.07, 6.45) is -0.441. The smallest absolute Gasteiger partial charge is 0.326 e. The van der Waals surface area contributed by atoms with E-state index in [2.05, 4.69) is 0 Å². The minimum absolute atomic E-state index is 0.189. The van der Waals surface area contributed by atoms with Crippen molar-refractivity contribution in [3.63, 3.8) is 0 Å². The summed E-state index contributed by atoms with van der Waals surface area (Å²) >= 11 is 0. The molecule has 0 radical (unpaired) electrons. The minimum Gasteiger partial charge on any atom is -0.466 e. The van der Waals surface area contributed by atoms with E-state index in [-0.39, 0.29) is 13.2 Å². The van der Waals surface area contributed by atoms with Crippen molar-refractivity contribution in [2.45, 2.75) is 39.7 Å². The van der Waals surface area contributed by atoms with E-state index in [0.29, 0.717) is 5.69 Å². The minimum atomic E-state index is -0.670.